The molecule has 0 fully saturated rings. The van der Waals surface area contributed by atoms with Crippen molar-refractivity contribution in [2.75, 3.05) is 6.54 Å². The number of hydrogen-bond donors (Lipinski definition) is 2. The van der Waals surface area contributed by atoms with E-state index >= 15 is 0 Å². The number of carbonyl (C=O) groups is 2. The number of nitrogens with zero attached hydrogens (tertiary/aromatic N) is 2. The molecule has 6 heteroatoms. The first kappa shape index (κ1) is 11.2. The third-order valence-corrected chi connectivity index (χ3v) is 1.86. The van der Waals surface area contributed by atoms with Crippen LogP contribution >= 0.6 is 0 Å². The van der Waals surface area contributed by atoms with Crippen LogP contribution in [0.15, 0.2) is 6.20 Å². The summed E-state index contributed by atoms with van der Waals surface area (Å²) in [4.78, 5) is 21.9. The molecule has 0 bridgehead atoms. The number of aromatic nitrogens is 2. The number of carboxylic acid groups (broad SMARTS) is 1. The van der Waals surface area contributed by atoms with E-state index in [4.69, 9.17) is 5.11 Å². The maximum absolute atomic E-state index is 11.2. The number of hydrogen-bond acceptors (Lipinski definition) is 3. The van der Waals surface area contributed by atoms with Gasteiger partial charge in [-0.05, 0) is 13.8 Å². The van der Waals surface area contributed by atoms with Gasteiger partial charge in [0.25, 0.3) is 0 Å². The summed E-state index contributed by atoms with van der Waals surface area (Å²) in [5.74, 6) is -1.22. The summed E-state index contributed by atoms with van der Waals surface area (Å²) in [6.07, 6.45) is 1.35. The van der Waals surface area contributed by atoms with Crippen LogP contribution in [-0.4, -0.2) is 33.3 Å². The monoisotopic (exact) mass is 211 g/mol. The van der Waals surface area contributed by atoms with Gasteiger partial charge in [-0.25, -0.2) is 4.79 Å². The van der Waals surface area contributed by atoms with Crippen LogP contribution in [0.25, 0.3) is 0 Å². The largest absolute Gasteiger partial charge is 0.478 e. The zero-order chi connectivity index (χ0) is 11.4. The highest BCUT2D eigenvalue weighted by atomic mass is 16.4. The fourth-order valence-corrected chi connectivity index (χ4v) is 1.21. The van der Waals surface area contributed by atoms with Gasteiger partial charge in [0.05, 0.1) is 5.69 Å². The summed E-state index contributed by atoms with van der Waals surface area (Å²) in [7, 11) is 0. The molecule has 6 nitrogen and oxygen atoms in total. The predicted molar refractivity (Wildman–Crippen MR) is 52.6 cm³/mol. The zero-order valence-electron chi connectivity index (χ0n) is 8.65. The Bertz CT molecular complexity index is 384. The molecule has 1 amide bonds. The van der Waals surface area contributed by atoms with Crippen molar-refractivity contribution in [2.45, 2.75) is 20.4 Å². The van der Waals surface area contributed by atoms with Crippen LogP contribution in [0.3, 0.4) is 0 Å². The molecule has 0 unspecified atom stereocenters. The van der Waals surface area contributed by atoms with Crippen LogP contribution in [-0.2, 0) is 11.3 Å². The van der Waals surface area contributed by atoms with E-state index in [9.17, 15) is 9.59 Å². The van der Waals surface area contributed by atoms with E-state index < -0.39 is 5.97 Å². The molecule has 1 rings (SSSR count). The molecule has 0 aromatic carbocycles. The molecule has 0 aliphatic heterocycles. The molecule has 1 heterocycles. The number of carboxylic acids is 1. The highest BCUT2D eigenvalue weighted by Crippen LogP contribution is 2.04. The molecule has 0 aliphatic carbocycles. The van der Waals surface area contributed by atoms with Gasteiger partial charge in [0.1, 0.15) is 12.1 Å². The van der Waals surface area contributed by atoms with Crippen LogP contribution in [0.4, 0.5) is 0 Å². The molecule has 82 valence electrons. The van der Waals surface area contributed by atoms with E-state index in [-0.39, 0.29) is 18.0 Å². The van der Waals surface area contributed by atoms with Gasteiger partial charge < -0.3 is 10.4 Å². The molecule has 0 saturated carbocycles. The van der Waals surface area contributed by atoms with E-state index in [0.29, 0.717) is 12.2 Å². The molecular formula is C9H13N3O3. The van der Waals surface area contributed by atoms with Crippen molar-refractivity contribution in [3.8, 4) is 0 Å². The molecule has 1 aromatic heterocycles. The fourth-order valence-electron chi connectivity index (χ4n) is 1.21. The van der Waals surface area contributed by atoms with Crippen LogP contribution in [0.5, 0.6) is 0 Å². The van der Waals surface area contributed by atoms with Crippen molar-refractivity contribution >= 4 is 11.9 Å². The number of aryl methyl sites for hydroxylation is 1. The molecule has 0 radical (unpaired) electrons. The van der Waals surface area contributed by atoms with Crippen molar-refractivity contribution in [3.63, 3.8) is 0 Å². The first-order chi connectivity index (χ1) is 7.04. The lowest BCUT2D eigenvalue weighted by molar-refractivity contribution is -0.121. The van der Waals surface area contributed by atoms with E-state index in [2.05, 4.69) is 10.4 Å². The average molecular weight is 211 g/mol. The first-order valence-corrected chi connectivity index (χ1v) is 4.58. The lowest BCUT2D eigenvalue weighted by Crippen LogP contribution is -2.27. The average Bonchev–Trinajstić information content (AvgIpc) is 2.47. The van der Waals surface area contributed by atoms with Gasteiger partial charge >= 0.3 is 5.97 Å². The van der Waals surface area contributed by atoms with Gasteiger partial charge in [-0.1, -0.05) is 0 Å². The smallest absolute Gasteiger partial charge is 0.339 e. The van der Waals surface area contributed by atoms with Gasteiger partial charge in [-0.2, -0.15) is 5.10 Å². The van der Waals surface area contributed by atoms with Crippen LogP contribution in [0.2, 0.25) is 0 Å². The Morgan fingerprint density at radius 1 is 1.60 bits per heavy atom. The number of amides is 1. The summed E-state index contributed by atoms with van der Waals surface area (Å²) in [5, 5.41) is 15.3. The van der Waals surface area contributed by atoms with Crippen molar-refractivity contribution in [3.05, 3.63) is 17.5 Å². The van der Waals surface area contributed by atoms with Crippen molar-refractivity contribution < 1.29 is 14.7 Å². The summed E-state index contributed by atoms with van der Waals surface area (Å²) in [5.41, 5.74) is 0.533. The fraction of sp³-hybridized carbons (Fsp3) is 0.444. The second-order valence-electron chi connectivity index (χ2n) is 3.08. The van der Waals surface area contributed by atoms with Crippen LogP contribution in [0, 0.1) is 6.92 Å². The zero-order valence-corrected chi connectivity index (χ0v) is 8.65. The molecule has 1 aromatic rings. The summed E-state index contributed by atoms with van der Waals surface area (Å²) in [6, 6.07) is 0. The summed E-state index contributed by atoms with van der Waals surface area (Å²) >= 11 is 0. The maximum Gasteiger partial charge on any atom is 0.339 e. The van der Waals surface area contributed by atoms with Crippen molar-refractivity contribution in [1.82, 2.24) is 15.1 Å². The predicted octanol–water partition coefficient (Wildman–Crippen LogP) is 0.0258. The highest BCUT2D eigenvalue weighted by molar-refractivity contribution is 5.88. The molecular weight excluding hydrogens is 198 g/mol. The minimum absolute atomic E-state index is 0.0436. The molecule has 0 aliphatic rings. The Hall–Kier alpha value is -1.85. The minimum atomic E-state index is -1.03. The molecule has 0 atom stereocenters. The van der Waals surface area contributed by atoms with E-state index in [1.807, 2.05) is 6.92 Å². The quantitative estimate of drug-likeness (QED) is 0.735. The first-order valence-electron chi connectivity index (χ1n) is 4.58. The Morgan fingerprint density at radius 3 is 2.73 bits per heavy atom. The van der Waals surface area contributed by atoms with Gasteiger partial charge in [0.15, 0.2) is 0 Å². The van der Waals surface area contributed by atoms with Gasteiger partial charge in [0, 0.05) is 12.7 Å². The summed E-state index contributed by atoms with van der Waals surface area (Å²) < 4.78 is 1.32. The van der Waals surface area contributed by atoms with Crippen LogP contribution in [0.1, 0.15) is 23.0 Å². The van der Waals surface area contributed by atoms with E-state index in [1.54, 1.807) is 6.92 Å². The Kier molecular flexibility index (Phi) is 3.43. The Labute approximate surface area is 86.9 Å². The van der Waals surface area contributed by atoms with E-state index in [0.717, 1.165) is 0 Å². The normalized spacial score (nSPS) is 10.0. The topological polar surface area (TPSA) is 84.2 Å². The Morgan fingerprint density at radius 2 is 2.27 bits per heavy atom. The molecule has 2 N–H and O–H groups in total. The van der Waals surface area contributed by atoms with E-state index in [1.165, 1.54) is 10.9 Å². The van der Waals surface area contributed by atoms with Gasteiger partial charge in [-0.3, -0.25) is 9.48 Å². The standard InChI is InChI=1S/C9H13N3O3/c1-3-10-8(13)5-12-4-7(9(14)15)6(2)11-12/h4H,3,5H2,1-2H3,(H,10,13)(H,14,15). The molecule has 15 heavy (non-hydrogen) atoms. The van der Waals surface area contributed by atoms with Crippen molar-refractivity contribution in [1.29, 1.82) is 0 Å². The second-order valence-corrected chi connectivity index (χ2v) is 3.08. The third kappa shape index (κ3) is 2.80. The lowest BCUT2D eigenvalue weighted by atomic mass is 10.3. The highest BCUT2D eigenvalue weighted by Gasteiger charge is 2.12. The molecule has 0 saturated heterocycles. The van der Waals surface area contributed by atoms with Gasteiger partial charge in [0.2, 0.25) is 5.91 Å². The number of carbonyl (C=O) groups excluding carboxylic acids is 1. The number of nitrogens with one attached hydrogen (secondary N) is 1. The second kappa shape index (κ2) is 4.59. The number of rotatable bonds is 4. The minimum Gasteiger partial charge on any atom is -0.478 e. The third-order valence-electron chi connectivity index (χ3n) is 1.86. The number of aromatic carboxylic acids is 1. The molecule has 0 spiro atoms. The summed E-state index contributed by atoms with van der Waals surface area (Å²) in [6.45, 7) is 4.00. The van der Waals surface area contributed by atoms with Crippen molar-refractivity contribution in [2.24, 2.45) is 0 Å². The lowest BCUT2D eigenvalue weighted by Gasteiger charge is -2.01. The Balaban J connectivity index is 2.75. The van der Waals surface area contributed by atoms with Crippen LogP contribution < -0.4 is 5.32 Å². The number of likely N-dealkylation sites (N-methyl/N-ethyl adjacent to an activating group) is 1. The maximum atomic E-state index is 11.2. The SMILES string of the molecule is CCNC(=O)Cn1cc(C(=O)O)c(C)n1. The van der Waals surface area contributed by atoms with Gasteiger partial charge in [-0.15, -0.1) is 0 Å².